The molecule has 0 spiro atoms. The zero-order valence-corrected chi connectivity index (χ0v) is 8.30. The molecule has 1 aliphatic rings. The van der Waals surface area contributed by atoms with Crippen molar-refractivity contribution in [3.8, 4) is 11.8 Å². The average Bonchev–Trinajstić information content (AvgIpc) is 2.78. The van der Waals surface area contributed by atoms with Crippen LogP contribution in [0.15, 0.2) is 29.4 Å². The molecule has 0 N–H and O–H groups in total. The Hall–Kier alpha value is -2.02. The van der Waals surface area contributed by atoms with Crippen LogP contribution in [0.1, 0.15) is 12.0 Å². The van der Waals surface area contributed by atoms with Crippen molar-refractivity contribution < 1.29 is 9.57 Å². The number of hydrogen-bond acceptors (Lipinski definition) is 4. The molecule has 76 valence electrons. The van der Waals surface area contributed by atoms with E-state index in [0.717, 1.165) is 17.0 Å². The predicted molar refractivity (Wildman–Crippen MR) is 54.6 cm³/mol. The molecule has 0 radical (unpaired) electrons. The number of rotatable bonds is 2. The number of benzene rings is 1. The molecule has 0 saturated heterocycles. The second-order valence-corrected chi connectivity index (χ2v) is 3.20. The zero-order chi connectivity index (χ0) is 10.7. The van der Waals surface area contributed by atoms with Gasteiger partial charge >= 0.3 is 0 Å². The summed E-state index contributed by atoms with van der Waals surface area (Å²) in [6.07, 6.45) is 0.0788. The Morgan fingerprint density at radius 1 is 1.60 bits per heavy atom. The molecule has 15 heavy (non-hydrogen) atoms. The van der Waals surface area contributed by atoms with E-state index in [1.54, 1.807) is 7.11 Å². The third-order valence-corrected chi connectivity index (χ3v) is 2.22. The number of oxime groups is 1. The summed E-state index contributed by atoms with van der Waals surface area (Å²) < 4.78 is 5.11. The highest BCUT2D eigenvalue weighted by Gasteiger charge is 2.21. The summed E-state index contributed by atoms with van der Waals surface area (Å²) >= 11 is 0. The van der Waals surface area contributed by atoms with Gasteiger partial charge in [0, 0.05) is 12.0 Å². The maximum atomic E-state index is 8.66. The largest absolute Gasteiger partial charge is 0.497 e. The number of methoxy groups -OCH3 is 1. The lowest BCUT2D eigenvalue weighted by Crippen LogP contribution is -2.05. The first-order valence-corrected chi connectivity index (χ1v) is 4.60. The topological polar surface area (TPSA) is 54.6 Å². The highest BCUT2D eigenvalue weighted by molar-refractivity contribution is 6.01. The molecule has 1 atom stereocenters. The molecule has 0 aliphatic carbocycles. The lowest BCUT2D eigenvalue weighted by molar-refractivity contribution is 0.125. The van der Waals surface area contributed by atoms with Crippen molar-refractivity contribution in [2.45, 2.75) is 12.5 Å². The number of nitriles is 1. The summed E-state index contributed by atoms with van der Waals surface area (Å²) in [7, 11) is 1.62. The van der Waals surface area contributed by atoms with E-state index >= 15 is 0 Å². The van der Waals surface area contributed by atoms with Gasteiger partial charge in [0.1, 0.15) is 11.8 Å². The molecule has 4 nitrogen and oxygen atoms in total. The SMILES string of the molecule is COc1cccc(C2=NO[C@@H](C#N)C2)c1. The van der Waals surface area contributed by atoms with Crippen molar-refractivity contribution in [1.29, 1.82) is 5.26 Å². The van der Waals surface area contributed by atoms with Crippen molar-refractivity contribution in [2.75, 3.05) is 7.11 Å². The van der Waals surface area contributed by atoms with E-state index in [-0.39, 0.29) is 0 Å². The maximum absolute atomic E-state index is 8.66. The van der Waals surface area contributed by atoms with E-state index in [0.29, 0.717) is 6.42 Å². The van der Waals surface area contributed by atoms with E-state index in [9.17, 15) is 0 Å². The van der Waals surface area contributed by atoms with Gasteiger partial charge in [0.25, 0.3) is 0 Å². The van der Waals surface area contributed by atoms with Crippen molar-refractivity contribution in [3.05, 3.63) is 29.8 Å². The fourth-order valence-electron chi connectivity index (χ4n) is 1.42. The molecular formula is C11H10N2O2. The van der Waals surface area contributed by atoms with Gasteiger partial charge in [0.05, 0.1) is 12.8 Å². The molecule has 2 rings (SSSR count). The van der Waals surface area contributed by atoms with Crippen LogP contribution >= 0.6 is 0 Å². The quantitative estimate of drug-likeness (QED) is 0.733. The lowest BCUT2D eigenvalue weighted by atomic mass is 10.1. The van der Waals surface area contributed by atoms with Crippen LogP contribution in [0.3, 0.4) is 0 Å². The van der Waals surface area contributed by atoms with Crippen LogP contribution in [0.5, 0.6) is 5.75 Å². The van der Waals surface area contributed by atoms with Gasteiger partial charge in [-0.2, -0.15) is 5.26 Å². The Kier molecular flexibility index (Phi) is 2.55. The van der Waals surface area contributed by atoms with Crippen LogP contribution in [-0.4, -0.2) is 18.9 Å². The van der Waals surface area contributed by atoms with E-state index in [2.05, 4.69) is 5.16 Å². The van der Waals surface area contributed by atoms with Crippen molar-refractivity contribution >= 4 is 5.71 Å². The fourth-order valence-corrected chi connectivity index (χ4v) is 1.42. The van der Waals surface area contributed by atoms with Crippen LogP contribution in [0.4, 0.5) is 0 Å². The molecule has 0 unspecified atom stereocenters. The fraction of sp³-hybridized carbons (Fsp3) is 0.273. The third-order valence-electron chi connectivity index (χ3n) is 2.22. The van der Waals surface area contributed by atoms with Gasteiger partial charge in [-0.25, -0.2) is 0 Å². The monoisotopic (exact) mass is 202 g/mol. The second kappa shape index (κ2) is 4.01. The van der Waals surface area contributed by atoms with Crippen molar-refractivity contribution in [3.63, 3.8) is 0 Å². The highest BCUT2D eigenvalue weighted by Crippen LogP contribution is 2.19. The molecular weight excluding hydrogens is 192 g/mol. The Labute approximate surface area is 87.7 Å². The normalized spacial score (nSPS) is 18.9. The standard InChI is InChI=1S/C11H10N2O2/c1-14-9-4-2-3-8(5-9)11-6-10(7-12)15-13-11/h2-5,10H,6H2,1H3/t10-/m1/s1. The van der Waals surface area contributed by atoms with Crippen molar-refractivity contribution in [1.82, 2.24) is 0 Å². The van der Waals surface area contributed by atoms with Gasteiger partial charge in [-0.05, 0) is 12.1 Å². The minimum atomic E-state index is -0.453. The Balaban J connectivity index is 2.21. The molecule has 0 aromatic heterocycles. The summed E-state index contributed by atoms with van der Waals surface area (Å²) in [5.41, 5.74) is 1.73. The Bertz CT molecular complexity index is 434. The molecule has 1 heterocycles. The van der Waals surface area contributed by atoms with E-state index in [1.165, 1.54) is 0 Å². The van der Waals surface area contributed by atoms with Crippen molar-refractivity contribution in [2.24, 2.45) is 5.16 Å². The Morgan fingerprint density at radius 2 is 2.47 bits per heavy atom. The minimum Gasteiger partial charge on any atom is -0.497 e. The number of nitrogens with zero attached hydrogens (tertiary/aromatic N) is 2. The van der Waals surface area contributed by atoms with Gasteiger partial charge in [-0.3, -0.25) is 0 Å². The van der Waals surface area contributed by atoms with E-state index in [1.807, 2.05) is 30.3 Å². The molecule has 0 bridgehead atoms. The van der Waals surface area contributed by atoms with E-state index < -0.39 is 6.10 Å². The van der Waals surface area contributed by atoms with Crippen LogP contribution in [0.2, 0.25) is 0 Å². The minimum absolute atomic E-state index is 0.453. The molecule has 4 heteroatoms. The first-order valence-electron chi connectivity index (χ1n) is 4.60. The lowest BCUT2D eigenvalue weighted by Gasteiger charge is -2.02. The predicted octanol–water partition coefficient (Wildman–Crippen LogP) is 1.71. The van der Waals surface area contributed by atoms with Crippen LogP contribution in [0, 0.1) is 11.3 Å². The molecule has 1 aliphatic heterocycles. The maximum Gasteiger partial charge on any atom is 0.218 e. The molecule has 1 aromatic carbocycles. The molecule has 0 saturated carbocycles. The number of hydrogen-bond donors (Lipinski definition) is 0. The smallest absolute Gasteiger partial charge is 0.218 e. The summed E-state index contributed by atoms with van der Waals surface area (Å²) in [4.78, 5) is 4.93. The van der Waals surface area contributed by atoms with Gasteiger partial charge in [0.2, 0.25) is 6.10 Å². The molecule has 0 amide bonds. The zero-order valence-electron chi connectivity index (χ0n) is 8.30. The van der Waals surface area contributed by atoms with Gasteiger partial charge in [-0.1, -0.05) is 17.3 Å². The summed E-state index contributed by atoms with van der Waals surface area (Å²) in [5.74, 6) is 0.774. The highest BCUT2D eigenvalue weighted by atomic mass is 16.6. The summed E-state index contributed by atoms with van der Waals surface area (Å²) in [6.45, 7) is 0. The average molecular weight is 202 g/mol. The van der Waals surface area contributed by atoms with E-state index in [4.69, 9.17) is 14.8 Å². The second-order valence-electron chi connectivity index (χ2n) is 3.20. The first kappa shape index (κ1) is 9.53. The van der Waals surface area contributed by atoms with Crippen LogP contribution in [-0.2, 0) is 4.84 Å². The van der Waals surface area contributed by atoms with Crippen LogP contribution in [0.25, 0.3) is 0 Å². The Morgan fingerprint density at radius 3 is 3.13 bits per heavy atom. The van der Waals surface area contributed by atoms with Gasteiger partial charge in [0.15, 0.2) is 0 Å². The summed E-state index contributed by atoms with van der Waals surface area (Å²) in [6, 6.07) is 9.57. The van der Waals surface area contributed by atoms with Gasteiger partial charge in [-0.15, -0.1) is 0 Å². The van der Waals surface area contributed by atoms with Gasteiger partial charge < -0.3 is 9.57 Å². The van der Waals surface area contributed by atoms with Crippen LogP contribution < -0.4 is 4.74 Å². The number of ether oxygens (including phenoxy) is 1. The molecule has 0 fully saturated rings. The first-order chi connectivity index (χ1) is 7.33. The molecule has 1 aromatic rings. The summed E-state index contributed by atoms with van der Waals surface area (Å²) in [5, 5.41) is 12.5. The third kappa shape index (κ3) is 1.91.